The Hall–Kier alpha value is -3.96. The SMILES string of the molecule is COc1ccc(CN2C(=O)C=C(c3c(-c4ccc(F)cc4)n[nH]c3C3CCN(B(C)O)CC3)C2=O)c(OC)c1. The van der Waals surface area contributed by atoms with Crippen LogP contribution >= 0.6 is 0 Å². The number of piperidine rings is 1. The van der Waals surface area contributed by atoms with Gasteiger partial charge >= 0.3 is 7.05 Å². The molecule has 202 valence electrons. The number of aromatic amines is 1. The molecule has 2 N–H and O–H groups in total. The Morgan fingerprint density at radius 2 is 1.82 bits per heavy atom. The summed E-state index contributed by atoms with van der Waals surface area (Å²) in [6.45, 7) is 3.13. The number of carbonyl (C=O) groups excluding carboxylic acids is 2. The minimum absolute atomic E-state index is 0.0245. The molecular formula is C28H30BFN4O5. The fourth-order valence-electron chi connectivity index (χ4n) is 5.29. The average molecular weight is 532 g/mol. The first-order chi connectivity index (χ1) is 18.8. The second-order valence-corrected chi connectivity index (χ2v) is 9.78. The molecule has 0 bridgehead atoms. The number of hydrogen-bond acceptors (Lipinski definition) is 7. The van der Waals surface area contributed by atoms with E-state index in [1.807, 2.05) is 4.81 Å². The number of imide groups is 1. The van der Waals surface area contributed by atoms with Crippen LogP contribution in [0.3, 0.4) is 0 Å². The first-order valence-electron chi connectivity index (χ1n) is 12.9. The Morgan fingerprint density at radius 3 is 2.46 bits per heavy atom. The fourth-order valence-corrected chi connectivity index (χ4v) is 5.29. The Labute approximate surface area is 226 Å². The Morgan fingerprint density at radius 1 is 1.10 bits per heavy atom. The first-order valence-corrected chi connectivity index (χ1v) is 12.9. The van der Waals surface area contributed by atoms with E-state index in [-0.39, 0.29) is 23.9 Å². The quantitative estimate of drug-likeness (QED) is 0.338. The molecule has 1 aromatic heterocycles. The predicted molar refractivity (Wildman–Crippen MR) is 144 cm³/mol. The van der Waals surface area contributed by atoms with Gasteiger partial charge in [-0.05, 0) is 69.2 Å². The van der Waals surface area contributed by atoms with Gasteiger partial charge in [0, 0.05) is 40.4 Å². The Kier molecular flexibility index (Phi) is 7.54. The molecule has 0 saturated carbocycles. The van der Waals surface area contributed by atoms with Crippen molar-refractivity contribution in [1.82, 2.24) is 19.9 Å². The zero-order valence-corrected chi connectivity index (χ0v) is 22.1. The van der Waals surface area contributed by atoms with E-state index in [4.69, 9.17) is 9.47 Å². The summed E-state index contributed by atoms with van der Waals surface area (Å²) < 4.78 is 24.4. The van der Waals surface area contributed by atoms with E-state index in [9.17, 15) is 19.0 Å². The summed E-state index contributed by atoms with van der Waals surface area (Å²) in [5.74, 6) is -0.116. The van der Waals surface area contributed by atoms with Gasteiger partial charge in [-0.3, -0.25) is 19.6 Å². The molecule has 39 heavy (non-hydrogen) atoms. The van der Waals surface area contributed by atoms with Crippen molar-refractivity contribution in [3.63, 3.8) is 0 Å². The van der Waals surface area contributed by atoms with Gasteiger partial charge in [-0.1, -0.05) is 0 Å². The first kappa shape index (κ1) is 26.6. The highest BCUT2D eigenvalue weighted by Crippen LogP contribution is 2.40. The van der Waals surface area contributed by atoms with Gasteiger partial charge in [0.05, 0.1) is 26.3 Å². The van der Waals surface area contributed by atoms with Gasteiger partial charge in [-0.25, -0.2) is 4.39 Å². The van der Waals surface area contributed by atoms with E-state index >= 15 is 0 Å². The second-order valence-electron chi connectivity index (χ2n) is 9.78. The molecule has 0 atom stereocenters. The van der Waals surface area contributed by atoms with E-state index < -0.39 is 18.9 Å². The number of hydrogen-bond donors (Lipinski definition) is 2. The van der Waals surface area contributed by atoms with Crippen LogP contribution in [0.2, 0.25) is 6.82 Å². The molecule has 0 aliphatic carbocycles. The van der Waals surface area contributed by atoms with Gasteiger partial charge in [0.1, 0.15) is 23.0 Å². The van der Waals surface area contributed by atoms with Crippen molar-refractivity contribution in [2.45, 2.75) is 32.1 Å². The standard InChI is InChI=1S/C28H30BFN4O5/c1-29(37)33-12-10-18(11-13-33)27-25(26(31-32-27)17-4-7-20(30)8-5-17)22-15-24(35)34(28(22)36)16-19-6-9-21(38-2)14-23(19)39-3/h4-9,14-15,18,37H,10-13,16H2,1-3H3,(H,31,32). The van der Waals surface area contributed by atoms with Crippen molar-refractivity contribution < 1.29 is 28.5 Å². The molecule has 1 saturated heterocycles. The summed E-state index contributed by atoms with van der Waals surface area (Å²) in [6.07, 6.45) is 2.83. The summed E-state index contributed by atoms with van der Waals surface area (Å²) in [5.41, 5.74) is 3.33. The van der Waals surface area contributed by atoms with Crippen molar-refractivity contribution in [2.24, 2.45) is 0 Å². The van der Waals surface area contributed by atoms with Crippen molar-refractivity contribution in [2.75, 3.05) is 27.3 Å². The van der Waals surface area contributed by atoms with E-state index in [2.05, 4.69) is 10.2 Å². The molecule has 2 aliphatic heterocycles. The summed E-state index contributed by atoms with van der Waals surface area (Å²) >= 11 is 0. The maximum absolute atomic E-state index is 13.8. The molecule has 11 heteroatoms. The fraction of sp³-hybridized carbons (Fsp3) is 0.321. The van der Waals surface area contributed by atoms with Gasteiger partial charge in [0.25, 0.3) is 11.8 Å². The summed E-state index contributed by atoms with van der Waals surface area (Å²) in [4.78, 5) is 30.1. The number of nitrogens with zero attached hydrogens (tertiary/aromatic N) is 3. The van der Waals surface area contributed by atoms with Gasteiger partial charge in [0.2, 0.25) is 0 Å². The van der Waals surface area contributed by atoms with Crippen molar-refractivity contribution in [3.8, 4) is 22.8 Å². The molecule has 3 heterocycles. The van der Waals surface area contributed by atoms with Gasteiger partial charge in [-0.2, -0.15) is 5.10 Å². The molecule has 0 spiro atoms. The van der Waals surface area contributed by atoms with Gasteiger partial charge in [0.15, 0.2) is 0 Å². The van der Waals surface area contributed by atoms with E-state index in [0.29, 0.717) is 47.0 Å². The third kappa shape index (κ3) is 5.19. The number of H-pyrrole nitrogens is 1. The number of aromatic nitrogens is 2. The van der Waals surface area contributed by atoms with E-state index in [0.717, 1.165) is 18.5 Å². The normalized spacial score (nSPS) is 16.5. The van der Waals surface area contributed by atoms with Crippen LogP contribution in [0.5, 0.6) is 11.5 Å². The van der Waals surface area contributed by atoms with E-state index in [1.165, 1.54) is 30.2 Å². The topological polar surface area (TPSA) is 108 Å². The highest BCUT2D eigenvalue weighted by atomic mass is 19.1. The van der Waals surface area contributed by atoms with Crippen molar-refractivity contribution >= 4 is 24.4 Å². The highest BCUT2D eigenvalue weighted by Gasteiger charge is 2.38. The minimum Gasteiger partial charge on any atom is -0.497 e. The third-order valence-corrected chi connectivity index (χ3v) is 7.48. The van der Waals surface area contributed by atoms with Crippen LogP contribution in [0.4, 0.5) is 4.39 Å². The van der Waals surface area contributed by atoms with Gasteiger partial charge in [-0.15, -0.1) is 0 Å². The predicted octanol–water partition coefficient (Wildman–Crippen LogP) is 3.48. The molecule has 9 nitrogen and oxygen atoms in total. The highest BCUT2D eigenvalue weighted by molar-refractivity contribution is 6.45. The lowest BCUT2D eigenvalue weighted by atomic mass is 9.79. The van der Waals surface area contributed by atoms with Crippen molar-refractivity contribution in [3.05, 3.63) is 71.2 Å². The second kappa shape index (κ2) is 11.0. The lowest BCUT2D eigenvalue weighted by molar-refractivity contribution is -0.137. The zero-order chi connectivity index (χ0) is 27.7. The number of nitrogens with one attached hydrogen (secondary N) is 1. The molecule has 5 rings (SSSR count). The van der Waals surface area contributed by atoms with Crippen LogP contribution in [0.15, 0.2) is 48.5 Å². The minimum atomic E-state index is -0.540. The maximum atomic E-state index is 13.8. The molecule has 2 amide bonds. The largest absolute Gasteiger partial charge is 0.497 e. The molecular weight excluding hydrogens is 502 g/mol. The molecule has 1 fully saturated rings. The molecule has 2 aliphatic rings. The number of amides is 2. The van der Waals surface area contributed by atoms with Crippen LogP contribution in [0.25, 0.3) is 16.8 Å². The van der Waals surface area contributed by atoms with E-state index in [1.54, 1.807) is 44.3 Å². The van der Waals surface area contributed by atoms with Crippen LogP contribution in [0, 0.1) is 5.82 Å². The monoisotopic (exact) mass is 532 g/mol. The van der Waals surface area contributed by atoms with Crippen LogP contribution < -0.4 is 9.47 Å². The summed E-state index contributed by atoms with van der Waals surface area (Å²) in [5, 5.41) is 17.6. The molecule has 2 aromatic carbocycles. The zero-order valence-electron chi connectivity index (χ0n) is 22.1. The average Bonchev–Trinajstić information content (AvgIpc) is 3.50. The Balaban J connectivity index is 1.50. The van der Waals surface area contributed by atoms with Crippen molar-refractivity contribution in [1.29, 1.82) is 0 Å². The molecule has 0 unspecified atom stereocenters. The number of halogens is 1. The number of methoxy groups -OCH3 is 2. The smallest absolute Gasteiger partial charge is 0.376 e. The lowest BCUT2D eigenvalue weighted by Gasteiger charge is -2.32. The lowest BCUT2D eigenvalue weighted by Crippen LogP contribution is -2.42. The number of rotatable bonds is 8. The third-order valence-electron chi connectivity index (χ3n) is 7.48. The van der Waals surface area contributed by atoms with Crippen LogP contribution in [-0.2, 0) is 16.1 Å². The van der Waals surface area contributed by atoms with Crippen LogP contribution in [0.1, 0.15) is 35.6 Å². The number of ether oxygens (including phenoxy) is 2. The maximum Gasteiger partial charge on any atom is 0.376 e. The van der Waals surface area contributed by atoms with Gasteiger partial charge < -0.3 is 19.3 Å². The summed E-state index contributed by atoms with van der Waals surface area (Å²) in [7, 11) is 2.53. The molecule has 3 aromatic rings. The Bertz CT molecular complexity index is 1410. The van der Waals surface area contributed by atoms with Crippen LogP contribution in [-0.4, -0.2) is 71.1 Å². The molecule has 0 radical (unpaired) electrons. The number of carbonyl (C=O) groups is 2. The summed E-state index contributed by atoms with van der Waals surface area (Å²) in [6, 6.07) is 11.1. The number of benzene rings is 2.